The summed E-state index contributed by atoms with van der Waals surface area (Å²) in [5.74, 6) is -0.304. The number of H-pyrrole nitrogens is 1. The molecule has 16 nitrogen and oxygen atoms in total. The molecule has 5 aromatic rings. The average Bonchev–Trinajstić information content (AvgIpc) is 3.69. The molecule has 352 valence electrons. The third kappa shape index (κ3) is 9.38. The molecule has 0 spiro atoms. The number of halogens is 1. The number of benzene rings is 3. The zero-order valence-electron chi connectivity index (χ0n) is 37.7. The third-order valence-corrected chi connectivity index (χ3v) is 15.5. The molecule has 1 aliphatic carbocycles. The van der Waals surface area contributed by atoms with Crippen LogP contribution in [0.4, 0.5) is 28.4 Å². The summed E-state index contributed by atoms with van der Waals surface area (Å²) in [6.07, 6.45) is 7.14. The fourth-order valence-corrected chi connectivity index (χ4v) is 11.3. The molecule has 0 saturated carbocycles. The molecule has 2 fully saturated rings. The van der Waals surface area contributed by atoms with Crippen molar-refractivity contribution in [2.75, 3.05) is 80.8 Å². The van der Waals surface area contributed by atoms with E-state index in [0.29, 0.717) is 55.7 Å². The Labute approximate surface area is 394 Å². The first-order valence-corrected chi connectivity index (χ1v) is 25.0. The molecule has 4 aliphatic heterocycles. The Morgan fingerprint density at radius 2 is 1.76 bits per heavy atom. The number of hydrogen-bond acceptors (Lipinski definition) is 13. The van der Waals surface area contributed by atoms with Crippen LogP contribution >= 0.6 is 11.6 Å². The molecule has 5 aliphatic rings. The van der Waals surface area contributed by atoms with E-state index in [-0.39, 0.29) is 41.0 Å². The van der Waals surface area contributed by atoms with Crippen LogP contribution in [0.1, 0.15) is 68.3 Å². The van der Waals surface area contributed by atoms with Gasteiger partial charge in [0, 0.05) is 86.9 Å². The van der Waals surface area contributed by atoms with Gasteiger partial charge in [-0.25, -0.2) is 13.1 Å². The molecule has 67 heavy (non-hydrogen) atoms. The highest BCUT2D eigenvalue weighted by Gasteiger charge is 2.36. The lowest BCUT2D eigenvalue weighted by Gasteiger charge is -2.39. The summed E-state index contributed by atoms with van der Waals surface area (Å²) in [6.45, 7) is 10.9. The van der Waals surface area contributed by atoms with Crippen molar-refractivity contribution in [3.8, 4) is 11.6 Å². The van der Waals surface area contributed by atoms with Gasteiger partial charge in [-0.15, -0.1) is 0 Å². The number of ether oxygens (including phenoxy) is 3. The number of pyridine rings is 1. The smallest absolute Gasteiger partial charge is 0.297 e. The number of hydrogen-bond donors (Lipinski definition) is 3. The van der Waals surface area contributed by atoms with Crippen LogP contribution in [-0.2, 0) is 14.8 Å². The summed E-state index contributed by atoms with van der Waals surface area (Å²) in [5, 5.41) is 17.3. The SMILES string of the molecule is CC1(C)CCC(CN2CCN(c3ccc(C(=O)NS(=O)(=O)c4cc5c(c([N+](=O)[O-])c4)NC(C4CCOCC4)CO5)c(N4CCCOc5nc6[nH]ccc6cc54)c3)CC2)=C(c2ccc(Cl)cc2)C1. The van der Waals surface area contributed by atoms with Gasteiger partial charge in [0.15, 0.2) is 11.4 Å². The van der Waals surface area contributed by atoms with Crippen LogP contribution in [0.15, 0.2) is 83.4 Å². The van der Waals surface area contributed by atoms with Crippen LogP contribution in [0.2, 0.25) is 5.02 Å². The largest absolute Gasteiger partial charge is 0.489 e. The number of piperazine rings is 1. The Balaban J connectivity index is 0.936. The topological polar surface area (TPSA) is 184 Å². The fraction of sp³-hybridized carbons (Fsp3) is 0.429. The summed E-state index contributed by atoms with van der Waals surface area (Å²) in [7, 11) is -4.66. The number of carbonyl (C=O) groups is 1. The predicted molar refractivity (Wildman–Crippen MR) is 259 cm³/mol. The number of sulfonamides is 1. The molecule has 1 unspecified atom stereocenters. The lowest BCUT2D eigenvalue weighted by atomic mass is 9.72. The molecule has 3 aromatic carbocycles. The van der Waals surface area contributed by atoms with Crippen molar-refractivity contribution in [1.29, 1.82) is 0 Å². The van der Waals surface area contributed by atoms with Gasteiger partial charge in [-0.3, -0.25) is 19.8 Å². The molecule has 3 N–H and O–H groups in total. The number of amides is 1. The first-order chi connectivity index (χ1) is 32.3. The molecule has 0 bridgehead atoms. The van der Waals surface area contributed by atoms with E-state index in [1.54, 1.807) is 12.3 Å². The summed E-state index contributed by atoms with van der Waals surface area (Å²) in [6, 6.07) is 19.5. The minimum absolute atomic E-state index is 0.0293. The van der Waals surface area contributed by atoms with Crippen LogP contribution in [0.5, 0.6) is 11.6 Å². The molecule has 1 amide bonds. The second kappa shape index (κ2) is 18.3. The van der Waals surface area contributed by atoms with E-state index in [2.05, 4.69) is 50.8 Å². The van der Waals surface area contributed by atoms with Gasteiger partial charge in [0.05, 0.1) is 33.7 Å². The monoisotopic (exact) mass is 950 g/mol. The van der Waals surface area contributed by atoms with Crippen molar-refractivity contribution in [1.82, 2.24) is 19.6 Å². The zero-order chi connectivity index (χ0) is 46.5. The number of aromatic nitrogens is 2. The minimum atomic E-state index is -4.66. The predicted octanol–water partition coefficient (Wildman–Crippen LogP) is 8.55. The summed E-state index contributed by atoms with van der Waals surface area (Å²) in [5.41, 5.74) is 6.74. The lowest BCUT2D eigenvalue weighted by molar-refractivity contribution is -0.384. The maximum Gasteiger partial charge on any atom is 0.297 e. The van der Waals surface area contributed by atoms with Gasteiger partial charge in [-0.1, -0.05) is 43.2 Å². The van der Waals surface area contributed by atoms with E-state index in [9.17, 15) is 23.3 Å². The molecular weight excluding hydrogens is 896 g/mol. The molecule has 18 heteroatoms. The Kier molecular flexibility index (Phi) is 12.3. The first-order valence-electron chi connectivity index (χ1n) is 23.1. The van der Waals surface area contributed by atoms with Gasteiger partial charge in [0.2, 0.25) is 5.88 Å². The van der Waals surface area contributed by atoms with Gasteiger partial charge < -0.3 is 34.3 Å². The normalized spacial score (nSPS) is 20.3. The molecule has 2 aromatic heterocycles. The Morgan fingerprint density at radius 3 is 2.54 bits per heavy atom. The highest BCUT2D eigenvalue weighted by molar-refractivity contribution is 7.90. The zero-order valence-corrected chi connectivity index (χ0v) is 39.3. The molecule has 6 heterocycles. The van der Waals surface area contributed by atoms with E-state index in [1.807, 2.05) is 41.3 Å². The van der Waals surface area contributed by atoms with Gasteiger partial charge in [0.1, 0.15) is 17.9 Å². The maximum absolute atomic E-state index is 14.5. The number of rotatable bonds is 10. The number of nitro benzene ring substituents is 1. The highest BCUT2D eigenvalue weighted by Crippen LogP contribution is 2.45. The van der Waals surface area contributed by atoms with Crippen LogP contribution in [0.3, 0.4) is 0 Å². The van der Waals surface area contributed by atoms with Gasteiger partial charge in [0.25, 0.3) is 21.6 Å². The second-order valence-electron chi connectivity index (χ2n) is 19.0. The summed E-state index contributed by atoms with van der Waals surface area (Å²) < 4.78 is 48.2. The van der Waals surface area contributed by atoms with E-state index in [1.165, 1.54) is 22.8 Å². The molecule has 2 saturated heterocycles. The van der Waals surface area contributed by atoms with E-state index < -0.39 is 31.4 Å². The Hall–Kier alpha value is -5.88. The molecule has 10 rings (SSSR count). The van der Waals surface area contributed by atoms with Crippen LogP contribution in [0, 0.1) is 21.4 Å². The number of nitrogens with one attached hydrogen (secondary N) is 3. The highest BCUT2D eigenvalue weighted by atomic mass is 35.5. The van der Waals surface area contributed by atoms with Crippen molar-refractivity contribution in [3.63, 3.8) is 0 Å². The number of aromatic amines is 1. The lowest BCUT2D eigenvalue weighted by Crippen LogP contribution is -2.47. The minimum Gasteiger partial charge on any atom is -0.489 e. The van der Waals surface area contributed by atoms with Crippen LogP contribution < -0.4 is 29.3 Å². The van der Waals surface area contributed by atoms with Gasteiger partial charge >= 0.3 is 0 Å². The summed E-state index contributed by atoms with van der Waals surface area (Å²) >= 11 is 6.28. The van der Waals surface area contributed by atoms with Gasteiger partial charge in [-0.05, 0) is 103 Å². The number of allylic oxidation sites excluding steroid dienone is 1. The maximum atomic E-state index is 14.5. The molecule has 0 radical (unpaired) electrons. The van der Waals surface area contributed by atoms with E-state index in [4.69, 9.17) is 30.8 Å². The quantitative estimate of drug-likeness (QED) is 0.0895. The number of nitrogens with zero attached hydrogens (tertiary/aromatic N) is 5. The Morgan fingerprint density at radius 1 is 0.970 bits per heavy atom. The van der Waals surface area contributed by atoms with Gasteiger partial charge in [-0.2, -0.15) is 4.98 Å². The van der Waals surface area contributed by atoms with Crippen molar-refractivity contribution >= 4 is 72.6 Å². The van der Waals surface area contributed by atoms with Crippen molar-refractivity contribution in [2.45, 2.75) is 63.3 Å². The van der Waals surface area contributed by atoms with E-state index in [0.717, 1.165) is 87.0 Å². The van der Waals surface area contributed by atoms with Crippen molar-refractivity contribution in [2.24, 2.45) is 11.3 Å². The standard InChI is InChI=1S/C49H55ClN8O8S/c1-49(2)14-10-34(39(28-49)31-4-6-35(50)7-5-31)29-55-17-19-56(20-18-55)36-8-9-38(41(25-36)57-16-3-21-65-48-43(57)24-33-11-15-51-46(33)53-48)47(59)54-67(62,63)37-26-42(58(60)61)45-44(27-37)66-30-40(52-45)32-12-22-64-23-13-32/h4-9,11,15,24-27,32,40,52H,3,10,12-14,16-23,28-30H2,1-2H3,(H,51,53)(H,54,59). The number of fused-ring (bicyclic) bond motifs is 3. The summed E-state index contributed by atoms with van der Waals surface area (Å²) in [4.78, 5) is 40.5. The molecular formula is C49H55ClN8O8S. The van der Waals surface area contributed by atoms with Crippen molar-refractivity contribution < 1.29 is 32.3 Å². The number of anilines is 4. The molecule has 1 atom stereocenters. The number of carbonyl (C=O) groups excluding carboxylic acids is 1. The second-order valence-corrected chi connectivity index (χ2v) is 21.1. The Bertz CT molecular complexity index is 2860. The van der Waals surface area contributed by atoms with Crippen LogP contribution in [0.25, 0.3) is 16.6 Å². The third-order valence-electron chi connectivity index (χ3n) is 14.0. The first kappa shape index (κ1) is 44.9. The number of nitro groups is 1. The van der Waals surface area contributed by atoms with Crippen LogP contribution in [-0.4, -0.2) is 106 Å². The van der Waals surface area contributed by atoms with Crippen molar-refractivity contribution in [3.05, 3.63) is 105 Å². The average molecular weight is 952 g/mol. The fourth-order valence-electron chi connectivity index (χ4n) is 10.2. The van der Waals surface area contributed by atoms with E-state index >= 15 is 0 Å².